The predicted molar refractivity (Wildman–Crippen MR) is 484 cm³/mol. The van der Waals surface area contributed by atoms with E-state index in [1.54, 1.807) is 37.4 Å². The van der Waals surface area contributed by atoms with Crippen molar-refractivity contribution in [2.24, 2.45) is 17.8 Å². The second kappa shape index (κ2) is 58.0. The summed E-state index contributed by atoms with van der Waals surface area (Å²) < 4.78 is 5.29. The fourth-order valence-corrected chi connectivity index (χ4v) is 15.6. The molecule has 138 heavy (non-hydrogen) atoms. The van der Waals surface area contributed by atoms with Gasteiger partial charge in [-0.15, -0.1) is 0 Å². The maximum Gasteiger partial charge on any atom is 0.327 e. The number of benzene rings is 2. The minimum Gasteiger partial charge on any atom is -0.481 e. The predicted octanol–water partition coefficient (Wildman–Crippen LogP) is -3.61. The van der Waals surface area contributed by atoms with Crippen LogP contribution in [0.5, 0.6) is 0 Å². The molecular weight excluding hydrogens is 1860 g/mol. The number of nitrogens with zero attached hydrogens (tertiary/aromatic N) is 6. The number of H-pyrrole nitrogens is 2. The summed E-state index contributed by atoms with van der Waals surface area (Å²) in [6, 6.07) is 5.05. The largest absolute Gasteiger partial charge is 0.481 e. The number of aliphatic hydroxyl groups is 10. The van der Waals surface area contributed by atoms with E-state index in [1.165, 1.54) is 30.5 Å². The lowest BCUT2D eigenvalue weighted by Crippen LogP contribution is -2.50. The first kappa shape index (κ1) is 114. The van der Waals surface area contributed by atoms with Gasteiger partial charge < -0.3 is 129 Å². The smallest absolute Gasteiger partial charge is 0.327 e. The number of esters is 1. The fourth-order valence-electron chi connectivity index (χ4n) is 13.7. The van der Waals surface area contributed by atoms with Crippen LogP contribution in [0.4, 0.5) is 11.6 Å². The van der Waals surface area contributed by atoms with Gasteiger partial charge in [-0.3, -0.25) is 82.3 Å². The van der Waals surface area contributed by atoms with Crippen LogP contribution in [-0.2, 0) is 91.2 Å². The normalized spacial score (nSPS) is 14.7. The van der Waals surface area contributed by atoms with Crippen molar-refractivity contribution in [3.05, 3.63) is 111 Å². The number of ketones is 4. The van der Waals surface area contributed by atoms with Crippen LogP contribution in [0.15, 0.2) is 65.7 Å². The lowest BCUT2D eigenvalue weighted by molar-refractivity contribution is -0.144. The lowest BCUT2D eigenvalue weighted by Gasteiger charge is -2.26. The molecule has 0 aliphatic heterocycles. The zero-order valence-corrected chi connectivity index (χ0v) is 76.4. The lowest BCUT2D eigenvalue weighted by atomic mass is 9.89. The Morgan fingerprint density at radius 3 is 1.59 bits per heavy atom. The van der Waals surface area contributed by atoms with E-state index >= 15 is 0 Å². The summed E-state index contributed by atoms with van der Waals surface area (Å²) in [6.07, 6.45) is -23.0. The SMILES string of the molecule is Cc1nc2ncc(CCc3ccc(C(=O)C[C@@H](CCCCCC(=O)OCCSSC[C@H](NC(=O)CCC(=O)[C@H](CCC(=O)O)NC(=O)[C@H](CCC(=O)NC[C@H](O)[C@@H](O)[C@H](O)[C@H](O)CO)CC(=O)[C@H](CCC(=O)O)NC(=O)[C@H](CCC(=O)NC[C@H](O)[C@@H](O)[C@H](O)[C@H](O)CO)CC(=O)CC[C@H](NC(=O)c4ccc(NCc5cnc6nc(N)[nH]c(=O)c6n5)cc4)C(=O)O)C(=O)O)C(=O)O)cc3)nc2c(=N)[nH]1. The molecule has 52 heteroatoms. The van der Waals surface area contributed by atoms with Gasteiger partial charge in [-0.2, -0.15) is 4.98 Å². The van der Waals surface area contributed by atoms with E-state index in [0.29, 0.717) is 71.7 Å². The zero-order chi connectivity index (χ0) is 102. The van der Waals surface area contributed by atoms with Crippen LogP contribution in [0.3, 0.4) is 0 Å². The van der Waals surface area contributed by atoms with Gasteiger partial charge in [-0.05, 0) is 94.5 Å². The highest BCUT2D eigenvalue weighted by Gasteiger charge is 2.37. The van der Waals surface area contributed by atoms with Gasteiger partial charge in [0.2, 0.25) is 35.5 Å². The average molecular weight is 1980 g/mol. The number of ether oxygens (including phenoxy) is 1. The molecule has 0 unspecified atom stereocenters. The number of fused-ring (bicyclic) bond motifs is 2. The van der Waals surface area contributed by atoms with Crippen LogP contribution in [-0.4, -0.2) is 328 Å². The number of carbonyl (C=O) groups is 16. The highest BCUT2D eigenvalue weighted by atomic mass is 33.1. The molecule has 27 N–H and O–H groups in total. The monoisotopic (exact) mass is 1980 g/mol. The van der Waals surface area contributed by atoms with Gasteiger partial charge in [0.05, 0.1) is 73.7 Å². The van der Waals surface area contributed by atoms with Crippen LogP contribution in [0.25, 0.3) is 22.3 Å². The van der Waals surface area contributed by atoms with E-state index < -0.39 is 301 Å². The van der Waals surface area contributed by atoms with Crippen molar-refractivity contribution in [2.45, 2.75) is 228 Å². The number of carbonyl (C=O) groups excluding carboxylic acids is 11. The molecule has 15 atom stereocenters. The van der Waals surface area contributed by atoms with Crippen molar-refractivity contribution in [2.75, 3.05) is 55.5 Å². The van der Waals surface area contributed by atoms with Crippen molar-refractivity contribution in [1.82, 2.24) is 71.8 Å². The minimum atomic E-state index is -2.19. The van der Waals surface area contributed by atoms with Gasteiger partial charge in [0.15, 0.2) is 39.6 Å². The summed E-state index contributed by atoms with van der Waals surface area (Å²) >= 11 is 0. The molecule has 6 rings (SSSR count). The third-order valence-corrected chi connectivity index (χ3v) is 24.0. The van der Waals surface area contributed by atoms with Crippen molar-refractivity contribution in [3.8, 4) is 0 Å². The number of aliphatic carboxylic acids is 5. The Morgan fingerprint density at radius 1 is 0.486 bits per heavy atom. The maximum atomic E-state index is 14.7. The molecule has 2 aromatic carbocycles. The molecule has 6 aromatic rings. The molecule has 6 amide bonds. The van der Waals surface area contributed by atoms with E-state index in [9.17, 15) is 158 Å². The highest BCUT2D eigenvalue weighted by molar-refractivity contribution is 8.76. The van der Waals surface area contributed by atoms with Gasteiger partial charge >= 0.3 is 35.8 Å². The van der Waals surface area contributed by atoms with Gasteiger partial charge in [0, 0.05) is 124 Å². The number of aromatic amines is 2. The number of rotatable bonds is 67. The number of carboxylic acids is 5. The number of unbranched alkanes of at least 4 members (excludes halogenated alkanes) is 2. The Bertz CT molecular complexity index is 5330. The van der Waals surface area contributed by atoms with Crippen molar-refractivity contribution in [1.29, 1.82) is 5.41 Å². The molecule has 754 valence electrons. The number of hydrogen-bond acceptors (Lipinski definition) is 39. The molecule has 0 saturated heterocycles. The van der Waals surface area contributed by atoms with Crippen LogP contribution in [0, 0.1) is 30.1 Å². The Balaban J connectivity index is 1.06. The molecule has 4 aromatic heterocycles. The zero-order valence-electron chi connectivity index (χ0n) is 74.8. The number of aromatic nitrogens is 8. The molecule has 0 aliphatic carbocycles. The standard InChI is InChI=1S/C86H115N17O33S2/c1-42-94-76(87)70-77(95-42)92-34-50(96-70)16-9-43-7-10-44(11-8-43)58(108)33-48(83(130)131)5-3-2-4-6-69(121)136-29-30-137-138-41-56(85(134)135)98-66(116)26-23-57(107)53(21-27-67(117)118)99-81(128)47(15-25-65(115)91-38-61(111)73(123)75(125)63(113)40-105)32-59(109)54(22-28-68(119)120)100-80(127)46(14-24-64(114)90-37-60(110)72(122)74(124)62(112)39-104)31-52(106)19-20-55(84(132)133)101-79(126)45-12-17-49(18-13-45)89-35-51-36-93-78-71(97-51)82(129)103-86(88)102-78/h7-8,10-13,17-18,34,36,46-48,53-56,60-63,72-75,89,104-105,110-113,122-125H,2-6,9,14-16,19-33,35,37-41H2,1H3,(H,90,114)(H,91,115)(H,98,116)(H,99,128)(H,100,127)(H,101,126)(H,117,118)(H,119,120)(H,130,131)(H,132,133)(H,134,135)(H2,87,92,94,95)(H3,88,93,102,103,129)/t46-,47-,48-,53+,54+,55+,56+,60+,61+,62-,63-,72-,73-,74-,75-/m1/s1. The minimum absolute atomic E-state index is 0.00509. The van der Waals surface area contributed by atoms with E-state index in [0.717, 1.165) is 27.2 Å². The van der Waals surface area contributed by atoms with Gasteiger partial charge in [0.1, 0.15) is 72.4 Å². The van der Waals surface area contributed by atoms with Gasteiger partial charge in [-0.25, -0.2) is 34.5 Å². The number of Topliss-reactive ketones (excluding diaryl/α,β-unsaturated/α-hetero) is 4. The Kier molecular flexibility index (Phi) is 47.8. The van der Waals surface area contributed by atoms with Crippen LogP contribution in [0.1, 0.15) is 172 Å². The summed E-state index contributed by atoms with van der Waals surface area (Å²) in [5.74, 6) is -22.6. The third kappa shape index (κ3) is 39.3. The summed E-state index contributed by atoms with van der Waals surface area (Å²) in [5, 5.41) is 174. The summed E-state index contributed by atoms with van der Waals surface area (Å²) in [5.41, 5.74) is 8.13. The maximum absolute atomic E-state index is 14.7. The Hall–Kier alpha value is -12.9. The Morgan fingerprint density at radius 2 is 1.02 bits per heavy atom. The van der Waals surface area contributed by atoms with E-state index in [1.807, 2.05) is 0 Å². The summed E-state index contributed by atoms with van der Waals surface area (Å²) in [6.45, 7) is -2.26. The quantitative estimate of drug-likeness (QED) is 0.00759. The van der Waals surface area contributed by atoms with E-state index in [-0.39, 0.29) is 77.9 Å². The van der Waals surface area contributed by atoms with Crippen LogP contribution < -0.4 is 54.0 Å². The first-order valence-corrected chi connectivity index (χ1v) is 46.2. The number of anilines is 2. The topological polar surface area (TPSA) is 846 Å². The molecule has 0 fully saturated rings. The highest BCUT2D eigenvalue weighted by Crippen LogP contribution is 2.26. The molecular formula is C86H115N17O33S2. The van der Waals surface area contributed by atoms with E-state index in [4.69, 9.17) is 15.9 Å². The van der Waals surface area contributed by atoms with Gasteiger partial charge in [0.25, 0.3) is 11.5 Å². The van der Waals surface area contributed by atoms with Crippen LogP contribution in [0.2, 0.25) is 0 Å². The first-order chi connectivity index (χ1) is 65.4. The second-order valence-corrected chi connectivity index (χ2v) is 35.0. The summed E-state index contributed by atoms with van der Waals surface area (Å²) in [4.78, 5) is 256. The molecule has 0 radical (unpaired) electrons. The summed E-state index contributed by atoms with van der Waals surface area (Å²) in [7, 11) is 2.02. The number of aliphatic hydroxyl groups excluding tert-OH is 10. The molecule has 0 saturated carbocycles. The number of hydrogen-bond donors (Lipinski definition) is 26. The molecule has 50 nitrogen and oxygen atoms in total. The average Bonchev–Trinajstić information content (AvgIpc) is 0.811. The number of carboxylic acid groups (broad SMARTS) is 5. The molecule has 4 heterocycles. The van der Waals surface area contributed by atoms with Crippen molar-refractivity contribution < 1.29 is 158 Å². The van der Waals surface area contributed by atoms with Crippen molar-refractivity contribution in [3.63, 3.8) is 0 Å². The number of nitrogen functional groups attached to an aromatic ring is 1. The number of aryl methyl sites for hydroxylation is 3. The molecule has 0 spiro atoms. The van der Waals surface area contributed by atoms with Crippen LogP contribution >= 0.6 is 21.6 Å². The second-order valence-electron chi connectivity index (χ2n) is 32.3. The van der Waals surface area contributed by atoms with Crippen molar-refractivity contribution >= 4 is 150 Å². The Labute approximate surface area is 793 Å². The first-order valence-electron chi connectivity index (χ1n) is 43.7. The number of amides is 6. The number of nitrogens with one attached hydrogen (secondary N) is 10. The van der Waals surface area contributed by atoms with Gasteiger partial charge in [-0.1, -0.05) is 58.7 Å². The van der Waals surface area contributed by atoms with E-state index in [2.05, 4.69) is 77.1 Å². The number of nitrogens with two attached hydrogens (primary N) is 1. The third-order valence-electron chi connectivity index (χ3n) is 21.7. The molecule has 0 aliphatic rings. The fraction of sp³-hybridized carbons (Fsp3) is 0.535. The molecule has 0 bridgehead atoms.